The van der Waals surface area contributed by atoms with Crippen molar-refractivity contribution in [3.63, 3.8) is 0 Å². The Hall–Kier alpha value is -1.10. The van der Waals surface area contributed by atoms with E-state index in [1.54, 1.807) is 0 Å². The first-order valence-corrected chi connectivity index (χ1v) is 8.14. The number of piperazine rings is 1. The van der Waals surface area contributed by atoms with Crippen LogP contribution in [0.5, 0.6) is 5.75 Å². The van der Waals surface area contributed by atoms with Crippen LogP contribution in [-0.2, 0) is 6.42 Å². The molecule has 4 heteroatoms. The normalized spacial score (nSPS) is 23.8. The van der Waals surface area contributed by atoms with Gasteiger partial charge >= 0.3 is 0 Å². The lowest BCUT2D eigenvalue weighted by atomic mass is 9.88. The first-order valence-electron chi connectivity index (χ1n) is 8.14. The average Bonchev–Trinajstić information content (AvgIpc) is 2.50. The van der Waals surface area contributed by atoms with Gasteiger partial charge in [-0.25, -0.2) is 0 Å². The van der Waals surface area contributed by atoms with Gasteiger partial charge in [-0.3, -0.25) is 4.90 Å². The molecule has 1 aliphatic heterocycles. The summed E-state index contributed by atoms with van der Waals surface area (Å²) in [6, 6.07) is 6.64. The molecule has 0 radical (unpaired) electrons. The molecule has 1 aromatic rings. The van der Waals surface area contributed by atoms with E-state index in [0.717, 1.165) is 57.9 Å². The number of nitrogens with zero attached hydrogens (tertiary/aromatic N) is 2. The van der Waals surface area contributed by atoms with Crippen LogP contribution in [0.4, 0.5) is 0 Å². The Kier molecular flexibility index (Phi) is 4.78. The molecule has 3 rings (SSSR count). The third kappa shape index (κ3) is 3.76. The molecular formula is C17H27N3O. The van der Waals surface area contributed by atoms with Crippen LogP contribution in [0, 0.1) is 0 Å². The molecule has 1 aliphatic carbocycles. The van der Waals surface area contributed by atoms with Crippen molar-refractivity contribution >= 4 is 0 Å². The quantitative estimate of drug-likeness (QED) is 0.915. The zero-order valence-electron chi connectivity index (χ0n) is 13.1. The van der Waals surface area contributed by atoms with Crippen LogP contribution < -0.4 is 10.5 Å². The lowest BCUT2D eigenvalue weighted by molar-refractivity contribution is 0.133. The highest BCUT2D eigenvalue weighted by atomic mass is 16.5. The maximum atomic E-state index is 6.21. The second-order valence-electron chi connectivity index (χ2n) is 6.35. The summed E-state index contributed by atoms with van der Waals surface area (Å²) in [4.78, 5) is 4.85. The third-order valence-electron chi connectivity index (χ3n) is 4.75. The van der Waals surface area contributed by atoms with Crippen molar-refractivity contribution < 1.29 is 4.74 Å². The van der Waals surface area contributed by atoms with Crippen molar-refractivity contribution in [2.45, 2.75) is 25.3 Å². The molecule has 21 heavy (non-hydrogen) atoms. The minimum atomic E-state index is 0.190. The maximum Gasteiger partial charge on any atom is 0.119 e. The summed E-state index contributed by atoms with van der Waals surface area (Å²) >= 11 is 0. The molecule has 2 N–H and O–H groups in total. The number of aryl methyl sites for hydroxylation is 1. The maximum absolute atomic E-state index is 6.21. The number of benzene rings is 1. The Morgan fingerprint density at radius 2 is 2.05 bits per heavy atom. The molecule has 0 saturated carbocycles. The predicted molar refractivity (Wildman–Crippen MR) is 85.7 cm³/mol. The van der Waals surface area contributed by atoms with Crippen LogP contribution in [-0.4, -0.2) is 56.2 Å². The average molecular weight is 289 g/mol. The first kappa shape index (κ1) is 14.8. The smallest absolute Gasteiger partial charge is 0.119 e. The van der Waals surface area contributed by atoms with Gasteiger partial charge in [0.25, 0.3) is 0 Å². The van der Waals surface area contributed by atoms with Gasteiger partial charge in [0.15, 0.2) is 0 Å². The Morgan fingerprint density at radius 3 is 2.86 bits per heavy atom. The van der Waals surface area contributed by atoms with Gasteiger partial charge in [-0.2, -0.15) is 0 Å². The van der Waals surface area contributed by atoms with Crippen molar-refractivity contribution in [1.82, 2.24) is 9.80 Å². The summed E-state index contributed by atoms with van der Waals surface area (Å²) in [6.45, 7) is 6.39. The molecule has 4 nitrogen and oxygen atoms in total. The van der Waals surface area contributed by atoms with Gasteiger partial charge in [-0.15, -0.1) is 0 Å². The molecule has 1 unspecified atom stereocenters. The highest BCUT2D eigenvalue weighted by Crippen LogP contribution is 2.30. The molecule has 1 atom stereocenters. The minimum absolute atomic E-state index is 0.190. The first-order chi connectivity index (χ1) is 10.2. The SMILES string of the molecule is CN1CCN(CCOc2ccc3c(c2)C(N)CCC3)CC1. The van der Waals surface area contributed by atoms with Crippen LogP contribution in [0.15, 0.2) is 18.2 Å². The highest BCUT2D eigenvalue weighted by Gasteiger charge is 2.17. The number of hydrogen-bond donors (Lipinski definition) is 1. The summed E-state index contributed by atoms with van der Waals surface area (Å²) in [5, 5.41) is 0. The summed E-state index contributed by atoms with van der Waals surface area (Å²) in [7, 11) is 2.18. The summed E-state index contributed by atoms with van der Waals surface area (Å²) < 4.78 is 5.94. The van der Waals surface area contributed by atoms with Crippen LogP contribution in [0.1, 0.15) is 30.0 Å². The van der Waals surface area contributed by atoms with E-state index in [1.165, 1.54) is 17.5 Å². The number of nitrogens with two attached hydrogens (primary N) is 1. The fraction of sp³-hybridized carbons (Fsp3) is 0.647. The van der Waals surface area contributed by atoms with E-state index in [0.29, 0.717) is 0 Å². The van der Waals surface area contributed by atoms with E-state index in [2.05, 4.69) is 35.0 Å². The van der Waals surface area contributed by atoms with E-state index in [-0.39, 0.29) is 6.04 Å². The fourth-order valence-electron chi connectivity index (χ4n) is 3.27. The molecule has 0 aromatic heterocycles. The Balaban J connectivity index is 1.50. The van der Waals surface area contributed by atoms with E-state index in [1.807, 2.05) is 0 Å². The number of rotatable bonds is 4. The van der Waals surface area contributed by atoms with E-state index in [9.17, 15) is 0 Å². The third-order valence-corrected chi connectivity index (χ3v) is 4.75. The van der Waals surface area contributed by atoms with E-state index < -0.39 is 0 Å². The Bertz CT molecular complexity index is 469. The summed E-state index contributed by atoms with van der Waals surface area (Å²) in [5.41, 5.74) is 8.90. The van der Waals surface area contributed by atoms with Crippen molar-refractivity contribution in [3.8, 4) is 5.75 Å². The van der Waals surface area contributed by atoms with Crippen molar-refractivity contribution in [2.24, 2.45) is 5.73 Å². The van der Waals surface area contributed by atoms with Crippen molar-refractivity contribution in [1.29, 1.82) is 0 Å². The highest BCUT2D eigenvalue weighted by molar-refractivity contribution is 5.39. The number of likely N-dealkylation sites (N-methyl/N-ethyl adjacent to an activating group) is 1. The van der Waals surface area contributed by atoms with E-state index in [4.69, 9.17) is 10.5 Å². The lowest BCUT2D eigenvalue weighted by Gasteiger charge is -2.32. The van der Waals surface area contributed by atoms with Gasteiger partial charge in [0.2, 0.25) is 0 Å². The second kappa shape index (κ2) is 6.77. The predicted octanol–water partition coefficient (Wildman–Crippen LogP) is 1.65. The van der Waals surface area contributed by atoms with Gasteiger partial charge in [0, 0.05) is 38.8 Å². The van der Waals surface area contributed by atoms with Crippen LogP contribution in [0.25, 0.3) is 0 Å². The Labute approximate surface area is 127 Å². The molecule has 116 valence electrons. The van der Waals surface area contributed by atoms with Crippen LogP contribution in [0.2, 0.25) is 0 Å². The molecule has 0 amide bonds. The van der Waals surface area contributed by atoms with Crippen molar-refractivity contribution in [3.05, 3.63) is 29.3 Å². The van der Waals surface area contributed by atoms with Crippen molar-refractivity contribution in [2.75, 3.05) is 46.4 Å². The molecule has 2 aliphatic rings. The summed E-state index contributed by atoms with van der Waals surface area (Å²) in [6.07, 6.45) is 3.46. The molecule has 1 saturated heterocycles. The molecule has 1 fully saturated rings. The number of hydrogen-bond acceptors (Lipinski definition) is 4. The lowest BCUT2D eigenvalue weighted by Crippen LogP contribution is -2.45. The largest absolute Gasteiger partial charge is 0.492 e. The van der Waals surface area contributed by atoms with Gasteiger partial charge in [-0.05, 0) is 49.6 Å². The molecule has 0 spiro atoms. The molecule has 1 heterocycles. The fourth-order valence-corrected chi connectivity index (χ4v) is 3.27. The van der Waals surface area contributed by atoms with Crippen LogP contribution >= 0.6 is 0 Å². The minimum Gasteiger partial charge on any atom is -0.492 e. The summed E-state index contributed by atoms with van der Waals surface area (Å²) in [5.74, 6) is 0.972. The number of ether oxygens (including phenoxy) is 1. The second-order valence-corrected chi connectivity index (χ2v) is 6.35. The zero-order valence-corrected chi connectivity index (χ0v) is 13.1. The monoisotopic (exact) mass is 289 g/mol. The molecule has 1 aromatic carbocycles. The van der Waals surface area contributed by atoms with Gasteiger partial charge in [0.1, 0.15) is 12.4 Å². The van der Waals surface area contributed by atoms with Gasteiger partial charge in [0.05, 0.1) is 0 Å². The zero-order chi connectivity index (χ0) is 14.7. The van der Waals surface area contributed by atoms with Gasteiger partial charge in [-0.1, -0.05) is 6.07 Å². The molecular weight excluding hydrogens is 262 g/mol. The molecule has 0 bridgehead atoms. The topological polar surface area (TPSA) is 41.7 Å². The number of fused-ring (bicyclic) bond motifs is 1. The Morgan fingerprint density at radius 1 is 1.24 bits per heavy atom. The van der Waals surface area contributed by atoms with Crippen LogP contribution in [0.3, 0.4) is 0 Å². The van der Waals surface area contributed by atoms with Gasteiger partial charge < -0.3 is 15.4 Å². The van der Waals surface area contributed by atoms with E-state index >= 15 is 0 Å². The standard InChI is InChI=1S/C17H27N3O/c1-19-7-9-20(10-8-19)11-12-21-15-6-5-14-3-2-4-17(18)16(14)13-15/h5-6,13,17H,2-4,7-12,18H2,1H3.